The van der Waals surface area contributed by atoms with Gasteiger partial charge in [0.1, 0.15) is 6.07 Å². The predicted molar refractivity (Wildman–Crippen MR) is 99.6 cm³/mol. The maximum absolute atomic E-state index is 12.3. The fourth-order valence-corrected chi connectivity index (χ4v) is 3.07. The number of para-hydroxylation sites is 1. The molecule has 0 aliphatic carbocycles. The van der Waals surface area contributed by atoms with Crippen molar-refractivity contribution in [3.8, 4) is 6.07 Å². The lowest BCUT2D eigenvalue weighted by Gasteiger charge is -2.35. The Labute approximate surface area is 148 Å². The van der Waals surface area contributed by atoms with Gasteiger partial charge in [-0.2, -0.15) is 5.26 Å². The number of nitrogens with one attached hydrogen (secondary N) is 1. The molecule has 1 saturated heterocycles. The second-order valence-electron chi connectivity index (χ2n) is 6.31. The highest BCUT2D eigenvalue weighted by Crippen LogP contribution is 2.18. The monoisotopic (exact) mass is 334 g/mol. The number of benzene rings is 2. The number of hydrogen-bond donors (Lipinski definition) is 1. The smallest absolute Gasteiger partial charge is 0.238 e. The van der Waals surface area contributed by atoms with Crippen molar-refractivity contribution in [3.63, 3.8) is 0 Å². The van der Waals surface area contributed by atoms with Gasteiger partial charge in [-0.1, -0.05) is 24.3 Å². The molecule has 0 atom stereocenters. The van der Waals surface area contributed by atoms with E-state index in [1.54, 1.807) is 18.2 Å². The van der Waals surface area contributed by atoms with Crippen molar-refractivity contribution in [3.05, 3.63) is 59.7 Å². The third kappa shape index (κ3) is 4.37. The van der Waals surface area contributed by atoms with Crippen LogP contribution in [0.1, 0.15) is 11.1 Å². The molecule has 25 heavy (non-hydrogen) atoms. The predicted octanol–water partition coefficient (Wildman–Crippen LogP) is 2.63. The Kier molecular flexibility index (Phi) is 5.32. The van der Waals surface area contributed by atoms with Gasteiger partial charge in [0.05, 0.1) is 17.8 Å². The summed E-state index contributed by atoms with van der Waals surface area (Å²) < 4.78 is 0. The Hall–Kier alpha value is -2.84. The Morgan fingerprint density at radius 2 is 1.88 bits per heavy atom. The quantitative estimate of drug-likeness (QED) is 0.934. The first-order valence-electron chi connectivity index (χ1n) is 8.48. The number of nitrogens with zero attached hydrogens (tertiary/aromatic N) is 3. The van der Waals surface area contributed by atoms with Gasteiger partial charge in [-0.05, 0) is 36.8 Å². The maximum atomic E-state index is 12.3. The van der Waals surface area contributed by atoms with Crippen LogP contribution in [-0.4, -0.2) is 43.5 Å². The summed E-state index contributed by atoms with van der Waals surface area (Å²) in [5.74, 6) is -0.0771. The van der Waals surface area contributed by atoms with Gasteiger partial charge in [0.25, 0.3) is 0 Å². The summed E-state index contributed by atoms with van der Waals surface area (Å²) in [6.07, 6.45) is 0. The summed E-state index contributed by atoms with van der Waals surface area (Å²) in [5, 5.41) is 11.9. The van der Waals surface area contributed by atoms with E-state index < -0.39 is 0 Å². The Morgan fingerprint density at radius 1 is 1.12 bits per heavy atom. The van der Waals surface area contributed by atoms with Crippen LogP contribution in [0.2, 0.25) is 0 Å². The molecule has 2 aromatic carbocycles. The highest BCUT2D eigenvalue weighted by atomic mass is 16.2. The van der Waals surface area contributed by atoms with Crippen molar-refractivity contribution in [2.75, 3.05) is 42.9 Å². The molecule has 0 saturated carbocycles. The SMILES string of the molecule is Cc1cccc(N2CCN(CC(=O)Nc3ccccc3C#N)CC2)c1. The first-order valence-corrected chi connectivity index (χ1v) is 8.48. The van der Waals surface area contributed by atoms with Crippen molar-refractivity contribution < 1.29 is 4.79 Å². The summed E-state index contributed by atoms with van der Waals surface area (Å²) in [4.78, 5) is 16.8. The van der Waals surface area contributed by atoms with Gasteiger partial charge in [-0.3, -0.25) is 9.69 Å². The zero-order valence-corrected chi connectivity index (χ0v) is 14.4. The number of carbonyl (C=O) groups is 1. The molecule has 0 unspecified atom stereocenters. The summed E-state index contributed by atoms with van der Waals surface area (Å²) in [6, 6.07) is 17.7. The highest BCUT2D eigenvalue weighted by Gasteiger charge is 2.19. The fraction of sp³-hybridized carbons (Fsp3) is 0.300. The highest BCUT2D eigenvalue weighted by molar-refractivity contribution is 5.93. The second kappa shape index (κ2) is 7.82. The summed E-state index contributed by atoms with van der Waals surface area (Å²) >= 11 is 0. The number of aryl methyl sites for hydroxylation is 1. The molecule has 1 aliphatic heterocycles. The van der Waals surface area contributed by atoms with E-state index in [1.165, 1.54) is 11.3 Å². The molecule has 128 valence electrons. The average Bonchev–Trinajstić information content (AvgIpc) is 2.63. The van der Waals surface area contributed by atoms with Gasteiger partial charge in [0.2, 0.25) is 5.91 Å². The first kappa shape index (κ1) is 17.0. The molecule has 0 aromatic heterocycles. The molecule has 0 spiro atoms. The van der Waals surface area contributed by atoms with E-state index in [4.69, 9.17) is 5.26 Å². The van der Waals surface area contributed by atoms with Crippen LogP contribution in [0.15, 0.2) is 48.5 Å². The number of nitriles is 1. The van der Waals surface area contributed by atoms with E-state index in [2.05, 4.69) is 52.4 Å². The molecular formula is C20H22N4O. The Morgan fingerprint density at radius 3 is 2.60 bits per heavy atom. The van der Waals surface area contributed by atoms with Crippen LogP contribution < -0.4 is 10.2 Å². The molecule has 0 bridgehead atoms. The average molecular weight is 334 g/mol. The number of carbonyl (C=O) groups excluding carboxylic acids is 1. The van der Waals surface area contributed by atoms with E-state index >= 15 is 0 Å². The lowest BCUT2D eigenvalue weighted by atomic mass is 10.2. The van der Waals surface area contributed by atoms with Gasteiger partial charge in [-0.25, -0.2) is 0 Å². The number of rotatable bonds is 4. The topological polar surface area (TPSA) is 59.4 Å². The van der Waals surface area contributed by atoms with Crippen LogP contribution >= 0.6 is 0 Å². The van der Waals surface area contributed by atoms with Crippen LogP contribution in [0.4, 0.5) is 11.4 Å². The van der Waals surface area contributed by atoms with E-state index in [-0.39, 0.29) is 5.91 Å². The van der Waals surface area contributed by atoms with Crippen LogP contribution in [0, 0.1) is 18.3 Å². The fourth-order valence-electron chi connectivity index (χ4n) is 3.07. The van der Waals surface area contributed by atoms with E-state index in [9.17, 15) is 4.79 Å². The molecule has 5 heteroatoms. The molecule has 1 aliphatic rings. The van der Waals surface area contributed by atoms with Crippen LogP contribution in [0.3, 0.4) is 0 Å². The van der Waals surface area contributed by atoms with Gasteiger partial charge in [0, 0.05) is 31.9 Å². The third-order valence-electron chi connectivity index (χ3n) is 4.43. The standard InChI is InChI=1S/C20H22N4O/c1-16-5-4-7-18(13-16)24-11-9-23(10-12-24)15-20(25)22-19-8-3-2-6-17(19)14-21/h2-8,13H,9-12,15H2,1H3,(H,22,25). The molecule has 1 N–H and O–H groups in total. The largest absolute Gasteiger partial charge is 0.369 e. The second-order valence-corrected chi connectivity index (χ2v) is 6.31. The minimum absolute atomic E-state index is 0.0771. The Balaban J connectivity index is 1.52. The summed E-state index contributed by atoms with van der Waals surface area (Å²) in [5.41, 5.74) is 3.57. The van der Waals surface area contributed by atoms with Gasteiger partial charge in [-0.15, -0.1) is 0 Å². The van der Waals surface area contributed by atoms with E-state index in [1.807, 2.05) is 6.07 Å². The molecule has 1 heterocycles. The summed E-state index contributed by atoms with van der Waals surface area (Å²) in [6.45, 7) is 5.96. The van der Waals surface area contributed by atoms with Gasteiger partial charge in [0.15, 0.2) is 0 Å². The number of amides is 1. The zero-order chi connectivity index (χ0) is 17.6. The van der Waals surface area contributed by atoms with E-state index in [0.29, 0.717) is 17.8 Å². The molecular weight excluding hydrogens is 312 g/mol. The van der Waals surface area contributed by atoms with E-state index in [0.717, 1.165) is 26.2 Å². The molecule has 0 radical (unpaired) electrons. The van der Waals surface area contributed by atoms with Crippen LogP contribution in [0.25, 0.3) is 0 Å². The normalized spacial score (nSPS) is 14.8. The molecule has 1 amide bonds. The van der Waals surface area contributed by atoms with Crippen molar-refractivity contribution in [1.29, 1.82) is 5.26 Å². The first-order chi connectivity index (χ1) is 12.2. The Bertz CT molecular complexity index is 788. The van der Waals surface area contributed by atoms with Crippen LogP contribution in [-0.2, 0) is 4.79 Å². The van der Waals surface area contributed by atoms with Gasteiger partial charge >= 0.3 is 0 Å². The van der Waals surface area contributed by atoms with Crippen LogP contribution in [0.5, 0.6) is 0 Å². The number of piperazine rings is 1. The molecule has 2 aromatic rings. The van der Waals surface area contributed by atoms with Gasteiger partial charge < -0.3 is 10.2 Å². The lowest BCUT2D eigenvalue weighted by Crippen LogP contribution is -2.48. The summed E-state index contributed by atoms with van der Waals surface area (Å²) in [7, 11) is 0. The minimum atomic E-state index is -0.0771. The van der Waals surface area contributed by atoms with Crippen molar-refractivity contribution in [2.24, 2.45) is 0 Å². The number of anilines is 2. The molecule has 5 nitrogen and oxygen atoms in total. The number of hydrogen-bond acceptors (Lipinski definition) is 4. The zero-order valence-electron chi connectivity index (χ0n) is 14.4. The van der Waals surface area contributed by atoms with Crippen molar-refractivity contribution in [1.82, 2.24) is 4.90 Å². The van der Waals surface area contributed by atoms with Crippen molar-refractivity contribution >= 4 is 17.3 Å². The lowest BCUT2D eigenvalue weighted by molar-refractivity contribution is -0.117. The molecule has 1 fully saturated rings. The molecule has 3 rings (SSSR count). The third-order valence-corrected chi connectivity index (χ3v) is 4.43. The van der Waals surface area contributed by atoms with Crippen molar-refractivity contribution in [2.45, 2.75) is 6.92 Å². The maximum Gasteiger partial charge on any atom is 0.238 e. The minimum Gasteiger partial charge on any atom is -0.369 e.